The minimum atomic E-state index is -0.549. The second-order valence-corrected chi connectivity index (χ2v) is 6.66. The van der Waals surface area contributed by atoms with Crippen LogP contribution < -0.4 is 21.0 Å². The quantitative estimate of drug-likeness (QED) is 0.584. The number of amides is 2. The first-order chi connectivity index (χ1) is 13.3. The monoisotopic (exact) mass is 406 g/mol. The Morgan fingerprint density at radius 2 is 2.04 bits per heavy atom. The molecule has 0 bridgehead atoms. The van der Waals surface area contributed by atoms with Gasteiger partial charge >= 0.3 is 17.6 Å². The molecule has 0 fully saturated rings. The fourth-order valence-electron chi connectivity index (χ4n) is 2.97. The van der Waals surface area contributed by atoms with Crippen molar-refractivity contribution < 1.29 is 23.5 Å². The van der Waals surface area contributed by atoms with Crippen LogP contribution in [0.5, 0.6) is 5.75 Å². The number of carbonyl (C=O) groups is 2. The molecule has 28 heavy (non-hydrogen) atoms. The maximum absolute atomic E-state index is 12.3. The molecule has 9 heteroatoms. The van der Waals surface area contributed by atoms with Crippen LogP contribution in [0.3, 0.4) is 0 Å². The van der Waals surface area contributed by atoms with E-state index in [0.29, 0.717) is 16.0 Å². The standard InChI is InChI=1S/C19H19ClN2O6/c1-4-26-18(24)17-10(3)21-19(25)22-13(17)8-27-15-7-14-11(6-12(15)20)9(2)5-16(23)28-14/h5-7,10H,4,8H2,1-3H3,(H2,21,22,25)/t10-/m0/s1. The second kappa shape index (κ2) is 7.93. The number of hydrogen-bond donors (Lipinski definition) is 2. The van der Waals surface area contributed by atoms with Gasteiger partial charge in [-0.25, -0.2) is 14.4 Å². The van der Waals surface area contributed by atoms with E-state index in [1.807, 2.05) is 0 Å². The number of hydrogen-bond acceptors (Lipinski definition) is 6. The van der Waals surface area contributed by atoms with Gasteiger partial charge in [0, 0.05) is 17.5 Å². The molecular weight excluding hydrogens is 388 g/mol. The van der Waals surface area contributed by atoms with E-state index in [-0.39, 0.29) is 30.2 Å². The highest BCUT2D eigenvalue weighted by atomic mass is 35.5. The van der Waals surface area contributed by atoms with Gasteiger partial charge in [-0.3, -0.25) is 0 Å². The number of esters is 1. The molecule has 1 aliphatic rings. The highest BCUT2D eigenvalue weighted by Crippen LogP contribution is 2.31. The lowest BCUT2D eigenvalue weighted by Crippen LogP contribution is -2.50. The molecule has 0 saturated heterocycles. The Morgan fingerprint density at radius 3 is 2.75 bits per heavy atom. The van der Waals surface area contributed by atoms with E-state index in [9.17, 15) is 14.4 Å². The molecule has 2 aromatic rings. The summed E-state index contributed by atoms with van der Waals surface area (Å²) in [5.74, 6) is -0.300. The Labute approximate surface area is 165 Å². The molecule has 1 aromatic carbocycles. The predicted molar refractivity (Wildman–Crippen MR) is 103 cm³/mol. The maximum atomic E-state index is 12.3. The van der Waals surface area contributed by atoms with Crippen LogP contribution in [0.15, 0.2) is 38.7 Å². The van der Waals surface area contributed by atoms with E-state index < -0.39 is 23.7 Å². The summed E-state index contributed by atoms with van der Waals surface area (Å²) in [7, 11) is 0. The van der Waals surface area contributed by atoms with Crippen molar-refractivity contribution in [2.24, 2.45) is 0 Å². The van der Waals surface area contributed by atoms with Crippen LogP contribution in [-0.2, 0) is 9.53 Å². The minimum Gasteiger partial charge on any atom is -0.486 e. The molecule has 1 aliphatic heterocycles. The van der Waals surface area contributed by atoms with E-state index in [1.54, 1.807) is 26.8 Å². The second-order valence-electron chi connectivity index (χ2n) is 6.25. The van der Waals surface area contributed by atoms with E-state index in [2.05, 4.69) is 10.6 Å². The first kappa shape index (κ1) is 19.8. The molecule has 0 radical (unpaired) electrons. The fraction of sp³-hybridized carbons (Fsp3) is 0.316. The molecule has 0 spiro atoms. The molecule has 148 valence electrons. The summed E-state index contributed by atoms with van der Waals surface area (Å²) < 4.78 is 16.0. The summed E-state index contributed by atoms with van der Waals surface area (Å²) in [5, 5.41) is 6.16. The third kappa shape index (κ3) is 3.96. The predicted octanol–water partition coefficient (Wildman–Crippen LogP) is 2.65. The van der Waals surface area contributed by atoms with Gasteiger partial charge in [0.15, 0.2) is 0 Å². The molecule has 0 aliphatic carbocycles. The highest BCUT2D eigenvalue weighted by molar-refractivity contribution is 6.32. The van der Waals surface area contributed by atoms with Crippen molar-refractivity contribution in [2.45, 2.75) is 26.8 Å². The van der Waals surface area contributed by atoms with Crippen LogP contribution in [0.25, 0.3) is 11.0 Å². The molecule has 2 amide bonds. The molecular formula is C19H19ClN2O6. The van der Waals surface area contributed by atoms with Crippen molar-refractivity contribution in [3.63, 3.8) is 0 Å². The van der Waals surface area contributed by atoms with Gasteiger partial charge in [0.2, 0.25) is 0 Å². The average molecular weight is 407 g/mol. The van der Waals surface area contributed by atoms with Crippen molar-refractivity contribution in [2.75, 3.05) is 13.2 Å². The molecule has 0 saturated carbocycles. The van der Waals surface area contributed by atoms with Gasteiger partial charge in [0.05, 0.1) is 28.9 Å². The van der Waals surface area contributed by atoms with E-state index in [4.69, 9.17) is 25.5 Å². The van der Waals surface area contributed by atoms with Crippen LogP contribution in [-0.4, -0.2) is 31.3 Å². The van der Waals surface area contributed by atoms with Gasteiger partial charge in [0.25, 0.3) is 0 Å². The molecule has 1 aromatic heterocycles. The van der Waals surface area contributed by atoms with E-state index in [1.165, 1.54) is 12.1 Å². The number of urea groups is 1. The summed E-state index contributed by atoms with van der Waals surface area (Å²) in [6.45, 7) is 5.21. The van der Waals surface area contributed by atoms with Gasteiger partial charge in [-0.2, -0.15) is 0 Å². The zero-order chi connectivity index (χ0) is 20.4. The largest absolute Gasteiger partial charge is 0.486 e. The first-order valence-corrected chi connectivity index (χ1v) is 9.02. The number of fused-ring (bicyclic) bond motifs is 1. The van der Waals surface area contributed by atoms with Crippen LogP contribution in [0.2, 0.25) is 5.02 Å². The molecule has 1 atom stereocenters. The van der Waals surface area contributed by atoms with Crippen molar-refractivity contribution >= 4 is 34.6 Å². The Hall–Kier alpha value is -3.00. The van der Waals surface area contributed by atoms with Crippen molar-refractivity contribution in [1.29, 1.82) is 0 Å². The molecule has 8 nitrogen and oxygen atoms in total. The van der Waals surface area contributed by atoms with Crippen molar-refractivity contribution in [1.82, 2.24) is 10.6 Å². The number of nitrogens with one attached hydrogen (secondary N) is 2. The van der Waals surface area contributed by atoms with Gasteiger partial charge in [-0.1, -0.05) is 11.6 Å². The zero-order valence-corrected chi connectivity index (χ0v) is 16.3. The average Bonchev–Trinajstić information content (AvgIpc) is 2.60. The molecule has 2 heterocycles. The number of ether oxygens (including phenoxy) is 2. The fourth-order valence-corrected chi connectivity index (χ4v) is 3.19. The summed E-state index contributed by atoms with van der Waals surface area (Å²) in [4.78, 5) is 35.7. The van der Waals surface area contributed by atoms with Gasteiger partial charge in [-0.05, 0) is 32.4 Å². The third-order valence-corrected chi connectivity index (χ3v) is 4.54. The van der Waals surface area contributed by atoms with Crippen molar-refractivity contribution in [3.8, 4) is 5.75 Å². The molecule has 0 unspecified atom stereocenters. The van der Waals surface area contributed by atoms with Gasteiger partial charge in [-0.15, -0.1) is 0 Å². The van der Waals surface area contributed by atoms with Crippen LogP contribution >= 0.6 is 11.6 Å². The van der Waals surface area contributed by atoms with E-state index in [0.717, 1.165) is 5.56 Å². The summed E-state index contributed by atoms with van der Waals surface area (Å²) in [6.07, 6.45) is 0. The van der Waals surface area contributed by atoms with Gasteiger partial charge < -0.3 is 24.5 Å². The number of aryl methyl sites for hydroxylation is 1. The lowest BCUT2D eigenvalue weighted by Gasteiger charge is -2.26. The highest BCUT2D eigenvalue weighted by Gasteiger charge is 2.30. The first-order valence-electron chi connectivity index (χ1n) is 8.64. The Kier molecular flexibility index (Phi) is 5.60. The molecule has 2 N–H and O–H groups in total. The lowest BCUT2D eigenvalue weighted by molar-refractivity contribution is -0.139. The Balaban J connectivity index is 1.93. The SMILES string of the molecule is CCOC(=O)C1=C(COc2cc3oc(=O)cc(C)c3cc2Cl)NC(=O)N[C@H]1C. The third-order valence-electron chi connectivity index (χ3n) is 4.24. The maximum Gasteiger partial charge on any atom is 0.338 e. The number of halogens is 1. The topological polar surface area (TPSA) is 107 Å². The number of carbonyl (C=O) groups excluding carboxylic acids is 2. The number of benzene rings is 1. The van der Waals surface area contributed by atoms with E-state index >= 15 is 0 Å². The lowest BCUT2D eigenvalue weighted by atomic mass is 10.0. The normalized spacial score (nSPS) is 16.6. The molecule has 3 rings (SSSR count). The summed E-state index contributed by atoms with van der Waals surface area (Å²) >= 11 is 6.29. The minimum absolute atomic E-state index is 0.132. The smallest absolute Gasteiger partial charge is 0.338 e. The Bertz CT molecular complexity index is 1040. The summed E-state index contributed by atoms with van der Waals surface area (Å²) in [6, 6.07) is 3.52. The summed E-state index contributed by atoms with van der Waals surface area (Å²) in [5.41, 5.74) is 1.11. The Morgan fingerprint density at radius 1 is 1.29 bits per heavy atom. The number of rotatable bonds is 5. The van der Waals surface area contributed by atoms with Crippen LogP contribution in [0.4, 0.5) is 4.79 Å². The zero-order valence-electron chi connectivity index (χ0n) is 15.6. The van der Waals surface area contributed by atoms with Crippen LogP contribution in [0.1, 0.15) is 19.4 Å². The van der Waals surface area contributed by atoms with Crippen molar-refractivity contribution in [3.05, 3.63) is 50.5 Å². The van der Waals surface area contributed by atoms with Crippen LogP contribution in [0, 0.1) is 6.92 Å². The van der Waals surface area contributed by atoms with Gasteiger partial charge in [0.1, 0.15) is 17.9 Å².